The Bertz CT molecular complexity index is 766. The van der Waals surface area contributed by atoms with Crippen molar-refractivity contribution in [3.8, 4) is 0 Å². The van der Waals surface area contributed by atoms with Crippen molar-refractivity contribution in [2.24, 2.45) is 0 Å². The number of aromatic nitrogens is 2. The van der Waals surface area contributed by atoms with E-state index in [1.165, 1.54) is 6.33 Å². The molecule has 0 bridgehead atoms. The van der Waals surface area contributed by atoms with Crippen LogP contribution in [0.4, 0.5) is 5.69 Å². The van der Waals surface area contributed by atoms with E-state index in [-0.39, 0.29) is 33.1 Å². The van der Waals surface area contributed by atoms with Crippen molar-refractivity contribution in [1.29, 1.82) is 0 Å². The minimum Gasteiger partial charge on any atom is -0.351 e. The number of carbonyl (C=O) groups excluding carboxylic acids is 2. The maximum absolute atomic E-state index is 12.3. The number of hydrogen-bond donors (Lipinski definition) is 2. The largest absolute Gasteiger partial charge is 0.351 e. The third-order valence-corrected chi connectivity index (χ3v) is 3.81. The number of rotatable bonds is 2. The molecule has 7 heteroatoms. The fourth-order valence-corrected chi connectivity index (χ4v) is 2.57. The van der Waals surface area contributed by atoms with Gasteiger partial charge in [0.05, 0.1) is 10.8 Å². The lowest BCUT2D eigenvalue weighted by Gasteiger charge is -2.16. The van der Waals surface area contributed by atoms with Gasteiger partial charge in [0.15, 0.2) is 0 Å². The number of imidazole rings is 1. The van der Waals surface area contributed by atoms with E-state index in [0.717, 1.165) is 0 Å². The molecule has 100 valence electrons. The average Bonchev–Trinajstić information content (AvgIpc) is 2.91. The summed E-state index contributed by atoms with van der Waals surface area (Å²) in [6.07, 6.45) is 1.32. The molecule has 5 nitrogen and oxygen atoms in total. The van der Waals surface area contributed by atoms with Crippen LogP contribution in [0, 0.1) is 0 Å². The van der Waals surface area contributed by atoms with Crippen LogP contribution in [0.5, 0.6) is 0 Å². The Morgan fingerprint density at radius 2 is 2.05 bits per heavy atom. The van der Waals surface area contributed by atoms with Gasteiger partial charge in [-0.3, -0.25) is 9.59 Å². The molecule has 0 atom stereocenters. The summed E-state index contributed by atoms with van der Waals surface area (Å²) in [5, 5.41) is 3.44. The molecule has 1 aromatic heterocycles. The van der Waals surface area contributed by atoms with Crippen LogP contribution in [0.3, 0.4) is 0 Å². The van der Waals surface area contributed by atoms with E-state index < -0.39 is 0 Å². The number of fused-ring (bicyclic) bond motifs is 1. The van der Waals surface area contributed by atoms with E-state index in [1.54, 1.807) is 24.3 Å². The molecular formula is C13H7BrClN3O2. The second-order valence-corrected chi connectivity index (χ2v) is 5.34. The highest BCUT2D eigenvalue weighted by Gasteiger charge is 2.33. The number of H-pyrrole nitrogens is 1. The predicted octanol–water partition coefficient (Wildman–Crippen LogP) is 3.16. The summed E-state index contributed by atoms with van der Waals surface area (Å²) in [6.45, 7) is 0. The van der Waals surface area contributed by atoms with Crippen molar-refractivity contribution >= 4 is 44.8 Å². The molecule has 0 aliphatic heterocycles. The van der Waals surface area contributed by atoms with E-state index in [9.17, 15) is 9.59 Å². The standard InChI is InChI=1S/C13H7BrClN3O2/c14-8-9(18-7-3-1-2-6(15)4-7)13(20)11-10(12(8)19)16-5-17-11/h1-5,18H,(H,16,17). The van der Waals surface area contributed by atoms with Gasteiger partial charge in [-0.25, -0.2) is 4.98 Å². The molecule has 3 rings (SSSR count). The van der Waals surface area contributed by atoms with Gasteiger partial charge in [0, 0.05) is 10.7 Å². The number of anilines is 1. The first kappa shape index (κ1) is 13.1. The molecule has 0 saturated carbocycles. The number of aromatic amines is 1. The molecule has 1 aliphatic rings. The Morgan fingerprint density at radius 1 is 1.25 bits per heavy atom. The van der Waals surface area contributed by atoms with Crippen molar-refractivity contribution in [2.75, 3.05) is 5.32 Å². The minimum absolute atomic E-state index is 0.114. The average molecular weight is 353 g/mol. The highest BCUT2D eigenvalue weighted by Crippen LogP contribution is 2.29. The number of hydrogen-bond acceptors (Lipinski definition) is 4. The summed E-state index contributed by atoms with van der Waals surface area (Å²) in [5.74, 6) is -0.672. The fourth-order valence-electron chi connectivity index (χ4n) is 1.90. The number of allylic oxidation sites excluding steroid dienone is 2. The monoisotopic (exact) mass is 351 g/mol. The summed E-state index contributed by atoms with van der Waals surface area (Å²) in [6, 6.07) is 6.87. The Labute approximate surface area is 127 Å². The SMILES string of the molecule is O=C1C(Nc2cccc(Cl)c2)=C(Br)C(=O)c2[nH]cnc21. The molecule has 2 N–H and O–H groups in total. The van der Waals surface area contributed by atoms with Crippen LogP contribution in [0.2, 0.25) is 5.02 Å². The molecule has 1 heterocycles. The molecule has 0 fully saturated rings. The summed E-state index contributed by atoms with van der Waals surface area (Å²) in [5.41, 5.74) is 1.07. The molecule has 0 unspecified atom stereocenters. The van der Waals surface area contributed by atoms with Gasteiger partial charge in [0.2, 0.25) is 11.6 Å². The molecule has 0 amide bonds. The van der Waals surface area contributed by atoms with E-state index >= 15 is 0 Å². The molecule has 0 spiro atoms. The van der Waals surface area contributed by atoms with Crippen molar-refractivity contribution in [3.63, 3.8) is 0 Å². The maximum atomic E-state index is 12.3. The van der Waals surface area contributed by atoms with Crippen molar-refractivity contribution in [3.05, 3.63) is 57.2 Å². The van der Waals surface area contributed by atoms with Crippen LogP contribution in [-0.4, -0.2) is 21.5 Å². The lowest BCUT2D eigenvalue weighted by molar-refractivity contribution is 0.0978. The number of halogens is 2. The topological polar surface area (TPSA) is 74.8 Å². The minimum atomic E-state index is -0.354. The molecule has 0 radical (unpaired) electrons. The molecular weight excluding hydrogens is 346 g/mol. The molecule has 20 heavy (non-hydrogen) atoms. The normalized spacial score (nSPS) is 14.5. The van der Waals surface area contributed by atoms with E-state index in [0.29, 0.717) is 10.7 Å². The highest BCUT2D eigenvalue weighted by atomic mass is 79.9. The third-order valence-electron chi connectivity index (χ3n) is 2.82. The quantitative estimate of drug-likeness (QED) is 0.870. The van der Waals surface area contributed by atoms with Gasteiger partial charge >= 0.3 is 0 Å². The second kappa shape index (κ2) is 4.88. The first-order chi connectivity index (χ1) is 9.58. The predicted molar refractivity (Wildman–Crippen MR) is 78.3 cm³/mol. The Balaban J connectivity index is 2.03. The van der Waals surface area contributed by atoms with E-state index in [2.05, 4.69) is 31.2 Å². The van der Waals surface area contributed by atoms with Gasteiger partial charge in [-0.2, -0.15) is 0 Å². The summed E-state index contributed by atoms with van der Waals surface area (Å²) in [7, 11) is 0. The van der Waals surface area contributed by atoms with Crippen LogP contribution < -0.4 is 5.32 Å². The van der Waals surface area contributed by atoms with E-state index in [1.807, 2.05) is 0 Å². The zero-order valence-electron chi connectivity index (χ0n) is 9.91. The smallest absolute Gasteiger partial charge is 0.231 e. The summed E-state index contributed by atoms with van der Waals surface area (Å²) >= 11 is 9.05. The van der Waals surface area contributed by atoms with Gasteiger partial charge in [-0.15, -0.1) is 0 Å². The van der Waals surface area contributed by atoms with Gasteiger partial charge in [0.25, 0.3) is 0 Å². The molecule has 1 aliphatic carbocycles. The van der Waals surface area contributed by atoms with Crippen LogP contribution in [0.15, 0.2) is 40.8 Å². The van der Waals surface area contributed by atoms with Gasteiger partial charge < -0.3 is 10.3 Å². The summed E-state index contributed by atoms with van der Waals surface area (Å²) in [4.78, 5) is 31.0. The van der Waals surface area contributed by atoms with E-state index in [4.69, 9.17) is 11.6 Å². The number of benzene rings is 1. The van der Waals surface area contributed by atoms with Gasteiger partial charge in [0.1, 0.15) is 17.1 Å². The van der Waals surface area contributed by atoms with Gasteiger partial charge in [-0.05, 0) is 34.1 Å². The molecule has 2 aromatic rings. The number of nitrogens with one attached hydrogen (secondary N) is 2. The molecule has 0 saturated heterocycles. The van der Waals surface area contributed by atoms with Crippen LogP contribution in [0.25, 0.3) is 0 Å². The number of carbonyl (C=O) groups is 2. The Morgan fingerprint density at radius 3 is 2.80 bits per heavy atom. The number of nitrogens with zero attached hydrogens (tertiary/aromatic N) is 1. The molecule has 1 aromatic carbocycles. The zero-order chi connectivity index (χ0) is 14.3. The fraction of sp³-hybridized carbons (Fsp3) is 0. The van der Waals surface area contributed by atoms with Crippen molar-refractivity contribution < 1.29 is 9.59 Å². The van der Waals surface area contributed by atoms with Gasteiger partial charge in [-0.1, -0.05) is 17.7 Å². The maximum Gasteiger partial charge on any atom is 0.231 e. The second-order valence-electron chi connectivity index (χ2n) is 4.11. The van der Waals surface area contributed by atoms with Crippen molar-refractivity contribution in [2.45, 2.75) is 0 Å². The third kappa shape index (κ3) is 2.07. The lowest BCUT2D eigenvalue weighted by Crippen LogP contribution is -2.24. The van der Waals surface area contributed by atoms with Crippen LogP contribution >= 0.6 is 27.5 Å². The Kier molecular flexibility index (Phi) is 3.19. The van der Waals surface area contributed by atoms with Crippen LogP contribution in [0.1, 0.15) is 21.0 Å². The number of Topliss-reactive ketones (excluding diaryl/α,β-unsaturated/α-hetero) is 2. The first-order valence-corrected chi connectivity index (χ1v) is 6.80. The zero-order valence-corrected chi connectivity index (χ0v) is 12.2. The highest BCUT2D eigenvalue weighted by molar-refractivity contribution is 9.12. The Hall–Kier alpha value is -1.92. The summed E-state index contributed by atoms with van der Waals surface area (Å²) < 4.78 is 0.166. The van der Waals surface area contributed by atoms with Crippen LogP contribution in [-0.2, 0) is 0 Å². The van der Waals surface area contributed by atoms with Crippen molar-refractivity contribution in [1.82, 2.24) is 9.97 Å². The first-order valence-electron chi connectivity index (χ1n) is 5.63. The number of ketones is 2. The lowest BCUT2D eigenvalue weighted by atomic mass is 10.0.